The van der Waals surface area contributed by atoms with Gasteiger partial charge in [-0.1, -0.05) is 115 Å². The molecule has 0 spiro atoms. The van der Waals surface area contributed by atoms with Crippen LogP contribution in [0.15, 0.2) is 84.9 Å². The van der Waals surface area contributed by atoms with Crippen molar-refractivity contribution in [1.82, 2.24) is 0 Å². The van der Waals surface area contributed by atoms with E-state index >= 15 is 0 Å². The lowest BCUT2D eigenvalue weighted by atomic mass is 9.59. The summed E-state index contributed by atoms with van der Waals surface area (Å²) in [6.07, 6.45) is 0. The predicted molar refractivity (Wildman–Crippen MR) is 233 cm³/mol. The highest BCUT2D eigenvalue weighted by Crippen LogP contribution is 2.50. The highest BCUT2D eigenvalue weighted by atomic mass is 14.4. The van der Waals surface area contributed by atoms with Crippen molar-refractivity contribution in [2.45, 2.75) is 19.3 Å². The van der Waals surface area contributed by atoms with Crippen molar-refractivity contribution in [2.24, 2.45) is 0 Å². The van der Waals surface area contributed by atoms with Crippen molar-refractivity contribution in [3.05, 3.63) is 96.1 Å². The van der Waals surface area contributed by atoms with Gasteiger partial charge in [0.05, 0.1) is 0 Å². The fourth-order valence-electron chi connectivity index (χ4n) is 8.99. The molecular weight excluding hydrogens is 555 g/mol. The molecule has 0 N–H and O–H groups in total. The van der Waals surface area contributed by atoms with Gasteiger partial charge < -0.3 is 0 Å². The molecule has 0 fully saturated rings. The Labute approximate surface area is 286 Å². The molecule has 1 aliphatic carbocycles. The van der Waals surface area contributed by atoms with Gasteiger partial charge in [-0.15, -0.1) is 21.9 Å². The number of fused-ring (bicyclic) bond motifs is 6. The second kappa shape index (κ2) is 10.4. The molecule has 0 radical (unpaired) electrons. The van der Waals surface area contributed by atoms with Crippen molar-refractivity contribution in [3.8, 4) is 33.4 Å². The van der Waals surface area contributed by atoms with Crippen LogP contribution in [-0.4, -0.2) is 62.8 Å². The molecule has 1 aliphatic rings. The van der Waals surface area contributed by atoms with Crippen LogP contribution >= 0.6 is 0 Å². The van der Waals surface area contributed by atoms with Gasteiger partial charge in [-0.3, -0.25) is 0 Å². The summed E-state index contributed by atoms with van der Waals surface area (Å²) in [7, 11) is 18.7. The minimum absolute atomic E-state index is 0.0641. The molecule has 0 saturated heterocycles. The maximum Gasteiger partial charge on any atom is 0.139 e. The van der Waals surface area contributed by atoms with E-state index < -0.39 is 0 Å². The van der Waals surface area contributed by atoms with Crippen molar-refractivity contribution in [2.75, 3.05) is 0 Å². The summed E-state index contributed by atoms with van der Waals surface area (Å²) >= 11 is 0. The van der Waals surface area contributed by atoms with Gasteiger partial charge >= 0.3 is 0 Å². The van der Waals surface area contributed by atoms with Crippen LogP contribution in [0.4, 0.5) is 0 Å². The molecule has 0 aliphatic heterocycles. The average Bonchev–Trinajstić information content (AvgIpc) is 3.32. The van der Waals surface area contributed by atoms with Crippen molar-refractivity contribution in [3.63, 3.8) is 0 Å². The largest absolute Gasteiger partial charge is 0.139 e. The third kappa shape index (κ3) is 4.00. The van der Waals surface area contributed by atoms with E-state index in [1.807, 2.05) is 0 Å². The lowest BCUT2D eigenvalue weighted by Gasteiger charge is -2.29. The fourth-order valence-corrected chi connectivity index (χ4v) is 8.99. The molecule has 0 nitrogen and oxygen atoms in total. The first-order chi connectivity index (χ1) is 22.4. The first-order valence-corrected chi connectivity index (χ1v) is 17.1. The average molecular weight is 591 g/mol. The Kier molecular flexibility index (Phi) is 6.69. The van der Waals surface area contributed by atoms with E-state index in [1.165, 1.54) is 121 Å². The summed E-state index contributed by atoms with van der Waals surface area (Å²) < 4.78 is 0. The quantitative estimate of drug-likeness (QED) is 0.148. The molecule has 0 saturated carbocycles. The molecule has 47 heavy (non-hydrogen) atoms. The number of rotatable bonds is 2. The Morgan fingerprint density at radius 3 is 1.49 bits per heavy atom. The van der Waals surface area contributed by atoms with E-state index in [9.17, 15) is 0 Å². The molecule has 0 aromatic heterocycles. The Morgan fingerprint density at radius 1 is 0.404 bits per heavy atom. The minimum atomic E-state index is -0.0641. The van der Waals surface area contributed by atoms with Crippen molar-refractivity contribution < 1.29 is 0 Å². The summed E-state index contributed by atoms with van der Waals surface area (Å²) in [4.78, 5) is 0. The monoisotopic (exact) mass is 592 g/mol. The maximum absolute atomic E-state index is 2.54. The number of hydrogen-bond donors (Lipinski definition) is 0. The Bertz CT molecular complexity index is 2440. The van der Waals surface area contributed by atoms with Gasteiger partial charge in [0.1, 0.15) is 62.8 Å². The van der Waals surface area contributed by atoms with Gasteiger partial charge in [-0.25, -0.2) is 0 Å². The third-order valence-electron chi connectivity index (χ3n) is 12.3. The van der Waals surface area contributed by atoms with Crippen molar-refractivity contribution in [1.29, 1.82) is 0 Å². The fraction of sp³-hybridized carbons (Fsp3) is 0.0769. The lowest BCUT2D eigenvalue weighted by Crippen LogP contribution is -2.50. The van der Waals surface area contributed by atoms with Crippen LogP contribution in [0.5, 0.6) is 0 Å². The molecule has 216 valence electrons. The van der Waals surface area contributed by atoms with Gasteiger partial charge in [0.25, 0.3) is 0 Å². The molecular formula is C39H36B8. The first-order valence-electron chi connectivity index (χ1n) is 17.1. The topological polar surface area (TPSA) is 0 Å². The van der Waals surface area contributed by atoms with Crippen molar-refractivity contribution >= 4 is 139 Å². The Hall–Kier alpha value is -4.16. The zero-order chi connectivity index (χ0) is 33.1. The summed E-state index contributed by atoms with van der Waals surface area (Å²) in [6.45, 7) is 4.79. The van der Waals surface area contributed by atoms with Crippen LogP contribution in [-0.2, 0) is 5.41 Å². The normalized spacial score (nSPS) is 13.3. The van der Waals surface area contributed by atoms with Gasteiger partial charge in [0.15, 0.2) is 0 Å². The van der Waals surface area contributed by atoms with E-state index in [-0.39, 0.29) is 5.41 Å². The molecule has 0 unspecified atom stereocenters. The van der Waals surface area contributed by atoms with Crippen LogP contribution in [0.25, 0.3) is 65.7 Å². The lowest BCUT2D eigenvalue weighted by molar-refractivity contribution is 0.660. The zero-order valence-corrected chi connectivity index (χ0v) is 29.6. The molecule has 0 heterocycles. The highest BCUT2D eigenvalue weighted by Gasteiger charge is 2.36. The van der Waals surface area contributed by atoms with Gasteiger partial charge in [-0.05, 0) is 82.9 Å². The summed E-state index contributed by atoms with van der Waals surface area (Å²) in [6, 6.07) is 32.1. The predicted octanol–water partition coefficient (Wildman–Crippen LogP) is -3.15. The molecule has 0 amide bonds. The zero-order valence-electron chi connectivity index (χ0n) is 29.6. The van der Waals surface area contributed by atoms with Crippen LogP contribution in [0.2, 0.25) is 0 Å². The smallest absolute Gasteiger partial charge is 0.101 e. The standard InChI is InChI=1S/C39H36B8/c1-39(2)23-13-6-5-11-20(23)21-15-14-18(16-24(21)39)25-27-29(33(42)37(46)35(44)31(27)40)26(22-12-7-9-17-8-3-4-10-19(17)22)30-28(25)32(41)36(45)38(47)34(30)43/h3-16H,40-47H2,1-2H3. The molecule has 8 heteroatoms. The van der Waals surface area contributed by atoms with E-state index in [0.717, 1.165) is 0 Å². The van der Waals surface area contributed by atoms with Crippen LogP contribution in [0.3, 0.4) is 0 Å². The third-order valence-corrected chi connectivity index (χ3v) is 12.3. The molecule has 0 atom stereocenters. The maximum atomic E-state index is 2.54. The number of benzene rings is 7. The summed E-state index contributed by atoms with van der Waals surface area (Å²) in [5, 5.41) is 8.21. The van der Waals surface area contributed by atoms with Crippen LogP contribution < -0.4 is 43.7 Å². The second-order valence-electron chi connectivity index (χ2n) is 14.7. The van der Waals surface area contributed by atoms with Crippen LogP contribution in [0.1, 0.15) is 25.0 Å². The first kappa shape index (κ1) is 30.2. The molecule has 8 rings (SSSR count). The van der Waals surface area contributed by atoms with Gasteiger partial charge in [-0.2, -0.15) is 0 Å². The number of hydrogen-bond acceptors (Lipinski definition) is 0. The van der Waals surface area contributed by atoms with E-state index in [1.54, 1.807) is 0 Å². The van der Waals surface area contributed by atoms with E-state index in [4.69, 9.17) is 0 Å². The summed E-state index contributed by atoms with van der Waals surface area (Å²) in [5.41, 5.74) is 22.1. The van der Waals surface area contributed by atoms with E-state index in [2.05, 4.69) is 162 Å². The Morgan fingerprint density at radius 2 is 0.872 bits per heavy atom. The summed E-state index contributed by atoms with van der Waals surface area (Å²) in [5.74, 6) is 0. The molecule has 7 aromatic carbocycles. The second-order valence-corrected chi connectivity index (χ2v) is 14.7. The van der Waals surface area contributed by atoms with Gasteiger partial charge in [0, 0.05) is 5.41 Å². The highest BCUT2D eigenvalue weighted by molar-refractivity contribution is 6.71. The SMILES string of the molecule is Bc1c(B)c(B)c2c(-c3cccc4ccccc34)c3c(B)c(B)c(B)c(B)c3c(-c3ccc4c(c3)C(C)(C)c3ccccc3-4)c2c1B. The van der Waals surface area contributed by atoms with Gasteiger partial charge in [0.2, 0.25) is 0 Å². The molecule has 7 aromatic rings. The van der Waals surface area contributed by atoms with Crippen LogP contribution in [0, 0.1) is 0 Å². The Balaban J connectivity index is 1.65. The molecule has 0 bridgehead atoms. The van der Waals surface area contributed by atoms with E-state index in [0.29, 0.717) is 0 Å². The minimum Gasteiger partial charge on any atom is -0.101 e.